The Morgan fingerprint density at radius 2 is 2.00 bits per heavy atom. The van der Waals surface area contributed by atoms with Crippen LogP contribution in [0, 0.1) is 4.77 Å². The zero-order valence-corrected chi connectivity index (χ0v) is 14.8. The second kappa shape index (κ2) is 6.19. The number of fused-ring (bicyclic) bond motifs is 1. The first-order valence-electron chi connectivity index (χ1n) is 8.00. The number of imidazole rings is 1. The fourth-order valence-corrected chi connectivity index (χ4v) is 4.54. The Balaban J connectivity index is 1.42. The normalized spacial score (nSPS) is 17.1. The van der Waals surface area contributed by atoms with E-state index in [1.165, 1.54) is 22.5 Å². The van der Waals surface area contributed by atoms with E-state index in [1.54, 1.807) is 0 Å². The van der Waals surface area contributed by atoms with Gasteiger partial charge in [0.2, 0.25) is 0 Å². The third kappa shape index (κ3) is 2.98. The van der Waals surface area contributed by atoms with Crippen LogP contribution in [0.3, 0.4) is 0 Å². The standard InChI is InChI=1S/C17H20N4S2/c1-19-10-11-21(17(19)22)12-20-8-6-13(7-9-20)16-18-14-4-2-3-5-15(14)23-16/h2-5,10-11,13H,6-9,12H2,1H3. The van der Waals surface area contributed by atoms with E-state index < -0.39 is 0 Å². The van der Waals surface area contributed by atoms with Crippen molar-refractivity contribution in [1.29, 1.82) is 0 Å². The van der Waals surface area contributed by atoms with E-state index in [0.717, 1.165) is 30.0 Å². The topological polar surface area (TPSA) is 26.0 Å². The SMILES string of the molecule is Cn1ccn(CN2CCC(c3nc4ccccc4s3)CC2)c1=S. The molecule has 1 aliphatic heterocycles. The summed E-state index contributed by atoms with van der Waals surface area (Å²) < 4.78 is 6.33. The summed E-state index contributed by atoms with van der Waals surface area (Å²) in [6.07, 6.45) is 6.46. The summed E-state index contributed by atoms with van der Waals surface area (Å²) in [6, 6.07) is 8.44. The smallest absolute Gasteiger partial charge is 0.180 e. The molecule has 3 aromatic rings. The minimum atomic E-state index is 0.604. The summed E-state index contributed by atoms with van der Waals surface area (Å²) in [6.45, 7) is 3.11. The van der Waals surface area contributed by atoms with E-state index in [2.05, 4.69) is 39.9 Å². The highest BCUT2D eigenvalue weighted by molar-refractivity contribution is 7.71. The lowest BCUT2D eigenvalue weighted by molar-refractivity contribution is 0.168. The van der Waals surface area contributed by atoms with Crippen LogP contribution in [-0.2, 0) is 13.7 Å². The molecule has 1 aliphatic rings. The third-order valence-electron chi connectivity index (χ3n) is 4.62. The summed E-state index contributed by atoms with van der Waals surface area (Å²) in [7, 11) is 2.00. The van der Waals surface area contributed by atoms with Crippen molar-refractivity contribution in [1.82, 2.24) is 19.0 Å². The molecule has 0 bridgehead atoms. The Hall–Kier alpha value is -1.50. The van der Waals surface area contributed by atoms with Gasteiger partial charge in [-0.1, -0.05) is 12.1 Å². The third-order valence-corrected chi connectivity index (χ3v) is 6.34. The molecule has 0 aliphatic carbocycles. The van der Waals surface area contributed by atoms with E-state index in [-0.39, 0.29) is 0 Å². The fraction of sp³-hybridized carbons (Fsp3) is 0.412. The fourth-order valence-electron chi connectivity index (χ4n) is 3.22. The van der Waals surface area contributed by atoms with Gasteiger partial charge in [-0.3, -0.25) is 4.90 Å². The van der Waals surface area contributed by atoms with E-state index in [4.69, 9.17) is 17.2 Å². The number of aryl methyl sites for hydroxylation is 1. The lowest BCUT2D eigenvalue weighted by Gasteiger charge is -2.31. The van der Waals surface area contributed by atoms with Crippen molar-refractivity contribution in [2.75, 3.05) is 13.1 Å². The molecule has 0 unspecified atom stereocenters. The monoisotopic (exact) mass is 344 g/mol. The summed E-state index contributed by atoms with van der Waals surface area (Å²) >= 11 is 7.28. The van der Waals surface area contributed by atoms with Gasteiger partial charge in [0.15, 0.2) is 4.77 Å². The Kier molecular flexibility index (Phi) is 4.05. The van der Waals surface area contributed by atoms with Crippen LogP contribution in [0.5, 0.6) is 0 Å². The maximum atomic E-state index is 5.42. The average molecular weight is 345 g/mol. The number of likely N-dealkylation sites (tertiary alicyclic amines) is 1. The molecule has 0 spiro atoms. The number of benzene rings is 1. The van der Waals surface area contributed by atoms with E-state index in [9.17, 15) is 0 Å². The van der Waals surface area contributed by atoms with Crippen molar-refractivity contribution in [3.63, 3.8) is 0 Å². The van der Waals surface area contributed by atoms with Crippen LogP contribution >= 0.6 is 23.6 Å². The predicted molar refractivity (Wildman–Crippen MR) is 97.4 cm³/mol. The molecule has 3 heterocycles. The molecule has 120 valence electrons. The van der Waals surface area contributed by atoms with Crippen molar-refractivity contribution in [2.24, 2.45) is 7.05 Å². The van der Waals surface area contributed by atoms with Crippen LogP contribution in [0.1, 0.15) is 23.8 Å². The van der Waals surface area contributed by atoms with Crippen LogP contribution in [-0.4, -0.2) is 32.1 Å². The average Bonchev–Trinajstić information content (AvgIpc) is 3.14. The molecule has 6 heteroatoms. The molecule has 4 nitrogen and oxygen atoms in total. The van der Waals surface area contributed by atoms with E-state index in [1.807, 2.05) is 29.1 Å². The van der Waals surface area contributed by atoms with Gasteiger partial charge < -0.3 is 9.13 Å². The molecule has 0 radical (unpaired) electrons. The van der Waals surface area contributed by atoms with Gasteiger partial charge in [-0.15, -0.1) is 11.3 Å². The highest BCUT2D eigenvalue weighted by Gasteiger charge is 2.23. The Morgan fingerprint density at radius 3 is 2.70 bits per heavy atom. The Labute approximate surface area is 145 Å². The van der Waals surface area contributed by atoms with Crippen molar-refractivity contribution in [3.05, 3.63) is 46.4 Å². The van der Waals surface area contributed by atoms with Crippen molar-refractivity contribution in [2.45, 2.75) is 25.4 Å². The van der Waals surface area contributed by atoms with Crippen LogP contribution in [0.15, 0.2) is 36.7 Å². The van der Waals surface area contributed by atoms with Crippen molar-refractivity contribution < 1.29 is 0 Å². The molecule has 2 aromatic heterocycles. The second-order valence-electron chi connectivity index (χ2n) is 6.21. The maximum Gasteiger partial charge on any atom is 0.180 e. The van der Waals surface area contributed by atoms with Gasteiger partial charge in [-0.2, -0.15) is 0 Å². The highest BCUT2D eigenvalue weighted by atomic mass is 32.1. The van der Waals surface area contributed by atoms with Gasteiger partial charge in [0.25, 0.3) is 0 Å². The van der Waals surface area contributed by atoms with Crippen LogP contribution in [0.25, 0.3) is 10.2 Å². The predicted octanol–water partition coefficient (Wildman–Crippen LogP) is 4.00. The number of para-hydroxylation sites is 1. The molecule has 0 atom stereocenters. The molecular formula is C17H20N4S2. The molecule has 0 N–H and O–H groups in total. The number of thiazole rings is 1. The van der Waals surface area contributed by atoms with Crippen molar-refractivity contribution in [3.8, 4) is 0 Å². The lowest BCUT2D eigenvalue weighted by Crippen LogP contribution is -2.34. The summed E-state index contributed by atoms with van der Waals surface area (Å²) in [5, 5.41) is 1.31. The van der Waals surface area contributed by atoms with Gasteiger partial charge >= 0.3 is 0 Å². The van der Waals surface area contributed by atoms with Crippen LogP contribution in [0.4, 0.5) is 0 Å². The van der Waals surface area contributed by atoms with Crippen LogP contribution < -0.4 is 0 Å². The molecule has 23 heavy (non-hydrogen) atoms. The highest BCUT2D eigenvalue weighted by Crippen LogP contribution is 2.33. The van der Waals surface area contributed by atoms with E-state index in [0.29, 0.717) is 5.92 Å². The summed E-state index contributed by atoms with van der Waals surface area (Å²) in [4.78, 5) is 7.32. The first kappa shape index (κ1) is 15.1. The van der Waals surface area contributed by atoms with Gasteiger partial charge in [0.1, 0.15) is 0 Å². The minimum absolute atomic E-state index is 0.604. The Bertz CT molecular complexity index is 835. The van der Waals surface area contributed by atoms with E-state index >= 15 is 0 Å². The molecule has 1 saturated heterocycles. The van der Waals surface area contributed by atoms with Gasteiger partial charge in [0, 0.05) is 38.4 Å². The van der Waals surface area contributed by atoms with Crippen molar-refractivity contribution >= 4 is 33.8 Å². The number of rotatable bonds is 3. The molecule has 1 aromatic carbocycles. The van der Waals surface area contributed by atoms with Gasteiger partial charge in [-0.25, -0.2) is 4.98 Å². The Morgan fingerprint density at radius 1 is 1.22 bits per heavy atom. The lowest BCUT2D eigenvalue weighted by atomic mass is 9.98. The maximum absolute atomic E-state index is 5.42. The molecule has 4 rings (SSSR count). The summed E-state index contributed by atoms with van der Waals surface area (Å²) in [5.74, 6) is 0.604. The number of piperidine rings is 1. The largest absolute Gasteiger partial charge is 0.327 e. The number of aromatic nitrogens is 3. The van der Waals surface area contributed by atoms with Crippen LogP contribution in [0.2, 0.25) is 0 Å². The first-order chi connectivity index (χ1) is 11.2. The number of hydrogen-bond acceptors (Lipinski definition) is 4. The zero-order valence-electron chi connectivity index (χ0n) is 13.2. The molecule has 0 saturated carbocycles. The van der Waals surface area contributed by atoms with Gasteiger partial charge in [0.05, 0.1) is 21.9 Å². The summed E-state index contributed by atoms with van der Waals surface area (Å²) in [5.41, 5.74) is 1.14. The minimum Gasteiger partial charge on any atom is -0.327 e. The first-order valence-corrected chi connectivity index (χ1v) is 9.23. The zero-order chi connectivity index (χ0) is 15.8. The number of hydrogen-bond donors (Lipinski definition) is 0. The molecular weight excluding hydrogens is 324 g/mol. The number of nitrogens with zero attached hydrogens (tertiary/aromatic N) is 4. The molecule has 1 fully saturated rings. The quantitative estimate of drug-likeness (QED) is 0.672. The second-order valence-corrected chi connectivity index (χ2v) is 7.64. The molecule has 0 amide bonds. The van der Waals surface area contributed by atoms with Gasteiger partial charge in [-0.05, 0) is 37.2 Å².